The Morgan fingerprint density at radius 2 is 1.76 bits per heavy atom. The maximum absolute atomic E-state index is 11.5. The molecule has 0 bridgehead atoms. The lowest BCUT2D eigenvalue weighted by atomic mass is 9.84. The molecule has 0 aromatic rings. The summed E-state index contributed by atoms with van der Waals surface area (Å²) < 4.78 is 35.5. The van der Waals surface area contributed by atoms with Gasteiger partial charge in [0, 0.05) is 19.3 Å². The van der Waals surface area contributed by atoms with Crippen molar-refractivity contribution < 1.29 is 17.9 Å². The van der Waals surface area contributed by atoms with Crippen LogP contribution in [0.1, 0.15) is 52.9 Å². The molecule has 1 aliphatic carbocycles. The van der Waals surface area contributed by atoms with Gasteiger partial charge in [-0.3, -0.25) is 0 Å². The summed E-state index contributed by atoms with van der Waals surface area (Å²) in [5.41, 5.74) is 0.0610. The average molecular weight is 337 g/mol. The van der Waals surface area contributed by atoms with Gasteiger partial charge in [0.25, 0.3) is 0 Å². The zero-order valence-corrected chi connectivity index (χ0v) is 15.2. The van der Waals surface area contributed by atoms with Crippen LogP contribution in [-0.2, 0) is 19.5 Å². The molecule has 1 heterocycles. The number of hydrogen-bond acceptors (Lipinski definition) is 4. The number of ether oxygens (including phenoxy) is 2. The largest absolute Gasteiger partial charge is 0.346 e. The third kappa shape index (κ3) is 4.17. The molecule has 5 nitrogen and oxygen atoms in total. The molecule has 21 heavy (non-hydrogen) atoms. The number of primary sulfonamides is 1. The highest BCUT2D eigenvalue weighted by atomic mass is 32.2. The van der Waals surface area contributed by atoms with Gasteiger partial charge in [0.05, 0.1) is 17.2 Å². The lowest BCUT2D eigenvalue weighted by molar-refractivity contribution is -0.327. The molecule has 3 atom stereocenters. The fraction of sp³-hybridized carbons (Fsp3) is 1.00. The van der Waals surface area contributed by atoms with E-state index in [0.29, 0.717) is 34.3 Å². The van der Waals surface area contributed by atoms with Crippen LogP contribution in [0.15, 0.2) is 0 Å². The predicted octanol–water partition coefficient (Wildman–Crippen LogP) is 2.40. The molecule has 7 heteroatoms. The number of sulfonamides is 1. The molecule has 3 unspecified atom stereocenters. The average Bonchev–Trinajstić information content (AvgIpc) is 2.36. The van der Waals surface area contributed by atoms with Crippen molar-refractivity contribution in [2.45, 2.75) is 75.9 Å². The Hall–Kier alpha value is 0.260. The Labute approximate surface area is 130 Å². The van der Waals surface area contributed by atoms with E-state index >= 15 is 0 Å². The molecule has 1 aliphatic heterocycles. The van der Waals surface area contributed by atoms with Gasteiger partial charge >= 0.3 is 0 Å². The van der Waals surface area contributed by atoms with E-state index in [1.807, 2.05) is 0 Å². The Morgan fingerprint density at radius 3 is 2.19 bits per heavy atom. The van der Waals surface area contributed by atoms with Crippen LogP contribution in [0, 0.1) is 5.41 Å². The number of nitrogens with two attached hydrogens (primary N) is 1. The summed E-state index contributed by atoms with van der Waals surface area (Å²) in [7, 11) is -2.74. The normalized spacial score (nSPS) is 39.2. The van der Waals surface area contributed by atoms with Gasteiger partial charge in [-0.05, 0) is 24.9 Å². The lowest BCUT2D eigenvalue weighted by Crippen LogP contribution is -2.54. The van der Waals surface area contributed by atoms with Gasteiger partial charge in [-0.1, -0.05) is 29.4 Å². The van der Waals surface area contributed by atoms with E-state index < -0.39 is 21.1 Å². The van der Waals surface area contributed by atoms with Crippen LogP contribution < -0.4 is 5.14 Å². The Bertz CT molecular complexity index is 466. The van der Waals surface area contributed by atoms with E-state index in [1.165, 1.54) is 0 Å². The molecule has 2 aliphatic rings. The highest BCUT2D eigenvalue weighted by Gasteiger charge is 2.48. The van der Waals surface area contributed by atoms with Crippen LogP contribution in [0.3, 0.4) is 0 Å². The zero-order valence-electron chi connectivity index (χ0n) is 13.4. The monoisotopic (exact) mass is 337 g/mol. The van der Waals surface area contributed by atoms with E-state index in [1.54, 1.807) is 0 Å². The minimum absolute atomic E-state index is 0.0610. The third-order valence-corrected chi connectivity index (χ3v) is 6.99. The quantitative estimate of drug-likeness (QED) is 0.785. The minimum atomic E-state index is -3.45. The predicted molar refractivity (Wildman–Crippen MR) is 86.2 cm³/mol. The highest BCUT2D eigenvalue weighted by molar-refractivity contribution is 7.89. The van der Waals surface area contributed by atoms with Gasteiger partial charge in [0.1, 0.15) is 0 Å². The molecule has 1 spiro atoms. The second-order valence-corrected chi connectivity index (χ2v) is 10.4. The van der Waals surface area contributed by atoms with Crippen LogP contribution in [0.2, 0.25) is 0 Å². The molecule has 2 fully saturated rings. The fourth-order valence-electron chi connectivity index (χ4n) is 3.14. The first-order valence-electron chi connectivity index (χ1n) is 7.60. The zero-order chi connectivity index (χ0) is 15.9. The van der Waals surface area contributed by atoms with Crippen molar-refractivity contribution in [3.63, 3.8) is 0 Å². The van der Waals surface area contributed by atoms with Crippen molar-refractivity contribution in [3.05, 3.63) is 0 Å². The van der Waals surface area contributed by atoms with Gasteiger partial charge in [-0.15, -0.1) is 0 Å². The molecule has 2 rings (SSSR count). The maximum Gasteiger partial charge on any atom is 0.211 e. The van der Waals surface area contributed by atoms with Crippen LogP contribution in [0.4, 0.5) is 0 Å². The van der Waals surface area contributed by atoms with E-state index in [9.17, 15) is 8.42 Å². The van der Waals surface area contributed by atoms with E-state index in [2.05, 4.69) is 27.4 Å². The summed E-state index contributed by atoms with van der Waals surface area (Å²) in [6.45, 7) is 8.70. The summed E-state index contributed by atoms with van der Waals surface area (Å²) in [4.78, 5) is 0. The van der Waals surface area contributed by atoms with Gasteiger partial charge in [-0.25, -0.2) is 13.6 Å². The highest BCUT2D eigenvalue weighted by Crippen LogP contribution is 2.46. The first kappa shape index (κ1) is 17.6. The van der Waals surface area contributed by atoms with Gasteiger partial charge < -0.3 is 9.47 Å². The molecule has 124 valence electrons. The lowest BCUT2D eigenvalue weighted by Gasteiger charge is -2.50. The van der Waals surface area contributed by atoms with Gasteiger partial charge in [-0.2, -0.15) is 0 Å². The van der Waals surface area contributed by atoms with Gasteiger partial charge in [0.15, 0.2) is 5.79 Å². The van der Waals surface area contributed by atoms with Crippen molar-refractivity contribution in [3.8, 4) is 0 Å². The first-order chi connectivity index (χ1) is 9.56. The fourth-order valence-corrected chi connectivity index (χ4v) is 4.81. The van der Waals surface area contributed by atoms with Crippen molar-refractivity contribution in [1.29, 1.82) is 0 Å². The Morgan fingerprint density at radius 1 is 1.19 bits per heavy atom. The molecule has 1 saturated carbocycles. The second-order valence-electron chi connectivity index (χ2n) is 7.30. The van der Waals surface area contributed by atoms with Crippen LogP contribution in [0.5, 0.6) is 0 Å². The van der Waals surface area contributed by atoms with Crippen molar-refractivity contribution >= 4 is 18.6 Å². The SMILES string of the molecule is CPC1CC(C(C)(C)C)OC2(CCC(S(N)(=O)=O)CC2)O1. The summed E-state index contributed by atoms with van der Waals surface area (Å²) in [5.74, 6) is -0.389. The molecule has 0 radical (unpaired) electrons. The van der Waals surface area contributed by atoms with Gasteiger partial charge in [0.2, 0.25) is 10.0 Å². The summed E-state index contributed by atoms with van der Waals surface area (Å²) in [6.07, 6.45) is 3.34. The molecule has 0 amide bonds. The summed E-state index contributed by atoms with van der Waals surface area (Å²) >= 11 is 0. The van der Waals surface area contributed by atoms with Crippen LogP contribution in [0.25, 0.3) is 0 Å². The molecular weight excluding hydrogens is 309 g/mol. The Balaban J connectivity index is 2.11. The van der Waals surface area contributed by atoms with Crippen molar-refractivity contribution in [1.82, 2.24) is 0 Å². The van der Waals surface area contributed by atoms with Crippen molar-refractivity contribution in [2.75, 3.05) is 6.66 Å². The standard InChI is InChI=1S/C14H28NO4PS/c1-13(2,3)11-9-12(20-4)19-14(18-11)7-5-10(6-8-14)21(15,16)17/h10-12,20H,5-9H2,1-4H3,(H2,15,16,17). The topological polar surface area (TPSA) is 78.6 Å². The molecule has 0 aromatic carbocycles. The van der Waals surface area contributed by atoms with E-state index in [4.69, 9.17) is 14.6 Å². The third-order valence-electron chi connectivity index (χ3n) is 4.59. The molecule has 2 N–H and O–H groups in total. The van der Waals surface area contributed by atoms with Crippen LogP contribution in [-0.4, -0.2) is 38.1 Å². The van der Waals surface area contributed by atoms with Crippen molar-refractivity contribution in [2.24, 2.45) is 10.6 Å². The minimum Gasteiger partial charge on any atom is -0.346 e. The molecule has 1 saturated heterocycles. The van der Waals surface area contributed by atoms with Crippen LogP contribution >= 0.6 is 8.58 Å². The smallest absolute Gasteiger partial charge is 0.211 e. The number of rotatable bonds is 2. The summed E-state index contributed by atoms with van der Waals surface area (Å²) in [6, 6.07) is 0. The second kappa shape index (κ2) is 6.04. The first-order valence-corrected chi connectivity index (χ1v) is 10.8. The molecule has 0 aromatic heterocycles. The van der Waals surface area contributed by atoms with E-state index in [0.717, 1.165) is 6.42 Å². The maximum atomic E-state index is 11.5. The summed E-state index contributed by atoms with van der Waals surface area (Å²) in [5, 5.41) is 4.82. The van der Waals surface area contributed by atoms with E-state index in [-0.39, 0.29) is 17.4 Å². The number of hydrogen-bond donors (Lipinski definition) is 1. The molecular formula is C14H28NO4PS. The Kier molecular flexibility index (Phi) is 5.07.